The third-order valence-corrected chi connectivity index (χ3v) is 10.4. The zero-order valence-corrected chi connectivity index (χ0v) is 27.0. The summed E-state index contributed by atoms with van der Waals surface area (Å²) < 4.78 is 4.89. The van der Waals surface area contributed by atoms with E-state index in [1.807, 2.05) is 0 Å². The summed E-state index contributed by atoms with van der Waals surface area (Å²) in [5.74, 6) is 0. The third-order valence-electron chi connectivity index (χ3n) is 10.4. The predicted octanol–water partition coefficient (Wildman–Crippen LogP) is 11.8. The zero-order chi connectivity index (χ0) is 32.8. The Morgan fingerprint density at radius 2 is 0.920 bits per heavy atom. The highest BCUT2D eigenvalue weighted by molar-refractivity contribution is 6.28. The minimum Gasteiger partial charge on any atom is -0.309 e. The van der Waals surface area contributed by atoms with E-state index in [0.29, 0.717) is 0 Å². The van der Waals surface area contributed by atoms with Crippen LogP contribution in [0.5, 0.6) is 0 Å². The van der Waals surface area contributed by atoms with Crippen molar-refractivity contribution in [2.45, 2.75) is 0 Å². The Hall–Kier alpha value is -6.78. The summed E-state index contributed by atoms with van der Waals surface area (Å²) in [5, 5.41) is 9.96. The molecule has 0 unspecified atom stereocenters. The number of rotatable bonds is 3. The molecule has 0 saturated heterocycles. The van der Waals surface area contributed by atoms with Crippen LogP contribution in [0.4, 0.5) is 0 Å². The predicted molar refractivity (Wildman–Crippen MR) is 209 cm³/mol. The van der Waals surface area contributed by atoms with Gasteiger partial charge in [-0.05, 0) is 75.6 Å². The van der Waals surface area contributed by atoms with E-state index in [9.17, 15) is 0 Å². The second-order valence-electron chi connectivity index (χ2n) is 13.0. The van der Waals surface area contributed by atoms with Crippen LogP contribution in [0.1, 0.15) is 0 Å². The molecule has 3 aromatic heterocycles. The molecule has 4 nitrogen and oxygen atoms in total. The molecule has 0 N–H and O–H groups in total. The average molecular weight is 637 g/mol. The molecule has 8 aromatic carbocycles. The van der Waals surface area contributed by atoms with Crippen LogP contribution in [0.15, 0.2) is 170 Å². The molecule has 0 radical (unpaired) electrons. The quantitative estimate of drug-likeness (QED) is 0.193. The Labute approximate surface area is 287 Å². The Balaban J connectivity index is 1.38. The van der Waals surface area contributed by atoms with Crippen molar-refractivity contribution in [3.63, 3.8) is 0 Å². The van der Waals surface area contributed by atoms with Gasteiger partial charge in [0.15, 0.2) is 0 Å². The number of para-hydroxylation sites is 1. The van der Waals surface area contributed by atoms with Gasteiger partial charge in [-0.1, -0.05) is 109 Å². The van der Waals surface area contributed by atoms with Crippen molar-refractivity contribution >= 4 is 76.2 Å². The second kappa shape index (κ2) is 10.4. The van der Waals surface area contributed by atoms with E-state index in [1.54, 1.807) is 12.4 Å². The van der Waals surface area contributed by atoms with Gasteiger partial charge in [0.05, 0.1) is 38.8 Å². The Bertz CT molecular complexity index is 3140. The first-order valence-electron chi connectivity index (χ1n) is 17.0. The largest absolute Gasteiger partial charge is 0.309 e. The van der Waals surface area contributed by atoms with Crippen molar-refractivity contribution in [1.29, 1.82) is 0 Å². The van der Waals surface area contributed by atoms with Crippen LogP contribution in [0.25, 0.3) is 98.7 Å². The van der Waals surface area contributed by atoms with Crippen LogP contribution in [0.2, 0.25) is 0 Å². The lowest BCUT2D eigenvalue weighted by Gasteiger charge is -2.16. The normalized spacial score (nSPS) is 12.0. The number of hydrogen-bond donors (Lipinski definition) is 0. The SMILES string of the molecule is c1ccc(-c2cc3nccnc3cc2-n2c3cc4c(cc3c3c5ccccc5ccc32)c2c3ccccc3ccc2n4-c2ccccc2)cc1. The molecule has 0 aliphatic carbocycles. The van der Waals surface area contributed by atoms with Gasteiger partial charge < -0.3 is 9.13 Å². The van der Waals surface area contributed by atoms with Crippen LogP contribution in [0, 0.1) is 0 Å². The van der Waals surface area contributed by atoms with E-state index in [0.717, 1.165) is 44.6 Å². The highest BCUT2D eigenvalue weighted by Crippen LogP contribution is 2.45. The van der Waals surface area contributed by atoms with Gasteiger partial charge in [0.2, 0.25) is 0 Å². The minimum absolute atomic E-state index is 0.865. The number of benzene rings is 8. The maximum Gasteiger partial charge on any atom is 0.0908 e. The van der Waals surface area contributed by atoms with Gasteiger partial charge in [-0.3, -0.25) is 9.97 Å². The van der Waals surface area contributed by atoms with E-state index in [-0.39, 0.29) is 0 Å². The smallest absolute Gasteiger partial charge is 0.0908 e. The Morgan fingerprint density at radius 3 is 1.58 bits per heavy atom. The van der Waals surface area contributed by atoms with Crippen LogP contribution in [-0.4, -0.2) is 19.1 Å². The molecule has 50 heavy (non-hydrogen) atoms. The molecule has 3 heterocycles. The molecule has 11 aromatic rings. The number of hydrogen-bond acceptors (Lipinski definition) is 2. The first-order valence-corrected chi connectivity index (χ1v) is 17.0. The van der Waals surface area contributed by atoms with Crippen LogP contribution in [-0.2, 0) is 0 Å². The monoisotopic (exact) mass is 636 g/mol. The molecule has 232 valence electrons. The maximum absolute atomic E-state index is 4.78. The van der Waals surface area contributed by atoms with Gasteiger partial charge in [0.25, 0.3) is 0 Å². The van der Waals surface area contributed by atoms with Crippen LogP contribution >= 0.6 is 0 Å². The molecule has 0 amide bonds. The molecule has 0 aliphatic rings. The second-order valence-corrected chi connectivity index (χ2v) is 13.0. The third kappa shape index (κ3) is 3.81. The van der Waals surface area contributed by atoms with Gasteiger partial charge in [-0.25, -0.2) is 0 Å². The summed E-state index contributed by atoms with van der Waals surface area (Å²) >= 11 is 0. The summed E-state index contributed by atoms with van der Waals surface area (Å²) in [7, 11) is 0. The molecule has 4 heteroatoms. The fourth-order valence-electron chi connectivity index (χ4n) is 8.21. The fourth-order valence-corrected chi connectivity index (χ4v) is 8.21. The van der Waals surface area contributed by atoms with Crippen molar-refractivity contribution in [3.8, 4) is 22.5 Å². The first kappa shape index (κ1) is 27.2. The van der Waals surface area contributed by atoms with Crippen molar-refractivity contribution in [3.05, 3.63) is 170 Å². The van der Waals surface area contributed by atoms with Gasteiger partial charge in [-0.15, -0.1) is 0 Å². The van der Waals surface area contributed by atoms with Gasteiger partial charge >= 0.3 is 0 Å². The van der Waals surface area contributed by atoms with Crippen molar-refractivity contribution in [2.75, 3.05) is 0 Å². The molecule has 0 saturated carbocycles. The van der Waals surface area contributed by atoms with E-state index in [1.165, 1.54) is 54.1 Å². The highest BCUT2D eigenvalue weighted by atomic mass is 15.0. The number of fused-ring (bicyclic) bond motifs is 11. The standard InChI is InChI=1S/C46H28N4/c1-3-11-29(12-4-1)35-26-38-39(48-24-23-47-38)27-42(35)50-41-22-20-31-14-8-10-18-34(31)46(41)37-25-36-43(28-44(37)50)49(32-15-5-2-6-16-32)40-21-19-30-13-7-9-17-33(30)45(36)40/h1-28H. The van der Waals surface area contributed by atoms with Crippen molar-refractivity contribution in [1.82, 2.24) is 19.1 Å². The average Bonchev–Trinajstić information content (AvgIpc) is 3.69. The Morgan fingerprint density at radius 1 is 0.380 bits per heavy atom. The fraction of sp³-hybridized carbons (Fsp3) is 0. The topological polar surface area (TPSA) is 35.6 Å². The Kier molecular flexibility index (Phi) is 5.63. The van der Waals surface area contributed by atoms with Gasteiger partial charge in [0, 0.05) is 45.2 Å². The number of aromatic nitrogens is 4. The molecule has 0 aliphatic heterocycles. The van der Waals surface area contributed by atoms with Gasteiger partial charge in [0.1, 0.15) is 0 Å². The van der Waals surface area contributed by atoms with E-state index >= 15 is 0 Å². The van der Waals surface area contributed by atoms with E-state index in [4.69, 9.17) is 9.97 Å². The number of nitrogens with zero attached hydrogens (tertiary/aromatic N) is 4. The lowest BCUT2D eigenvalue weighted by Crippen LogP contribution is -1.99. The molecular weight excluding hydrogens is 609 g/mol. The van der Waals surface area contributed by atoms with Crippen LogP contribution in [0.3, 0.4) is 0 Å². The maximum atomic E-state index is 4.78. The van der Waals surface area contributed by atoms with Crippen molar-refractivity contribution < 1.29 is 0 Å². The van der Waals surface area contributed by atoms with E-state index < -0.39 is 0 Å². The molecule has 11 rings (SSSR count). The van der Waals surface area contributed by atoms with Gasteiger partial charge in [-0.2, -0.15) is 0 Å². The lowest BCUT2D eigenvalue weighted by molar-refractivity contribution is 1.16. The molecular formula is C46H28N4. The molecule has 0 bridgehead atoms. The van der Waals surface area contributed by atoms with E-state index in [2.05, 4.69) is 167 Å². The van der Waals surface area contributed by atoms with Crippen molar-refractivity contribution in [2.24, 2.45) is 0 Å². The first-order chi connectivity index (χ1) is 24.8. The summed E-state index contributed by atoms with van der Waals surface area (Å²) in [6, 6.07) is 57.2. The molecule has 0 fully saturated rings. The molecule has 0 atom stereocenters. The summed E-state index contributed by atoms with van der Waals surface area (Å²) in [6.45, 7) is 0. The highest BCUT2D eigenvalue weighted by Gasteiger charge is 2.22. The zero-order valence-electron chi connectivity index (χ0n) is 27.0. The summed E-state index contributed by atoms with van der Waals surface area (Å²) in [4.78, 5) is 9.49. The summed E-state index contributed by atoms with van der Waals surface area (Å²) in [6.07, 6.45) is 3.55. The van der Waals surface area contributed by atoms with Crippen LogP contribution < -0.4 is 0 Å². The minimum atomic E-state index is 0.865. The summed E-state index contributed by atoms with van der Waals surface area (Å²) in [5.41, 5.74) is 10.9. The lowest BCUT2D eigenvalue weighted by atomic mass is 10.0. The molecule has 0 spiro atoms.